The fourth-order valence-electron chi connectivity index (χ4n) is 1.90. The number of fused-ring (bicyclic) bond motifs is 1. The quantitative estimate of drug-likeness (QED) is 0.754. The van der Waals surface area contributed by atoms with Gasteiger partial charge in [0, 0.05) is 18.0 Å². The average Bonchev–Trinajstić information content (AvgIpc) is 2.68. The largest absolute Gasteiger partial charge is 0.480 e. The van der Waals surface area contributed by atoms with Gasteiger partial charge < -0.3 is 15.9 Å². The van der Waals surface area contributed by atoms with Crippen molar-refractivity contribution in [3.8, 4) is 0 Å². The number of rotatable bonds is 3. The smallest absolute Gasteiger partial charge is 0.416 e. The molecule has 0 aliphatic carbocycles. The van der Waals surface area contributed by atoms with Gasteiger partial charge in [0.25, 0.3) is 0 Å². The number of nitrogens with two attached hydrogens (primary N) is 1. The van der Waals surface area contributed by atoms with Gasteiger partial charge >= 0.3 is 12.1 Å². The van der Waals surface area contributed by atoms with Crippen LogP contribution in [0.2, 0.25) is 0 Å². The summed E-state index contributed by atoms with van der Waals surface area (Å²) in [6.45, 7) is 0. The number of carbonyl (C=O) groups is 2. The second-order valence-corrected chi connectivity index (χ2v) is 3.97. The molecule has 18 heavy (non-hydrogen) atoms. The van der Waals surface area contributed by atoms with Crippen molar-refractivity contribution in [1.82, 2.24) is 4.57 Å². The Morgan fingerprint density at radius 3 is 2.56 bits per heavy atom. The molecule has 2 rings (SSSR count). The number of aromatic nitrogens is 1. The van der Waals surface area contributed by atoms with Crippen molar-refractivity contribution in [2.24, 2.45) is 5.73 Å². The molecule has 1 aromatic carbocycles. The molecule has 0 saturated heterocycles. The number of carboxylic acids is 1. The van der Waals surface area contributed by atoms with E-state index in [1.165, 1.54) is 6.20 Å². The standard InChI is InChI=1S/C12H12N2O4/c13-9(11(15)16)5-7-6-14(12(17)18)10-4-2-1-3-8(7)10/h1-4,6,9H,5,13H2,(H,15,16)(H,17,18). The zero-order valence-electron chi connectivity index (χ0n) is 9.41. The lowest BCUT2D eigenvalue weighted by Gasteiger charge is -2.04. The van der Waals surface area contributed by atoms with E-state index in [-0.39, 0.29) is 6.42 Å². The summed E-state index contributed by atoms with van der Waals surface area (Å²) in [5, 5.41) is 18.5. The fourth-order valence-corrected chi connectivity index (χ4v) is 1.90. The van der Waals surface area contributed by atoms with Crippen molar-refractivity contribution in [2.75, 3.05) is 0 Å². The minimum Gasteiger partial charge on any atom is -0.480 e. The van der Waals surface area contributed by atoms with Crippen LogP contribution in [0.3, 0.4) is 0 Å². The Bertz CT molecular complexity index is 618. The molecule has 0 aliphatic rings. The molecule has 2 aromatic rings. The molecule has 1 aromatic heterocycles. The van der Waals surface area contributed by atoms with Crippen LogP contribution in [-0.4, -0.2) is 32.9 Å². The molecule has 0 aliphatic heterocycles. The van der Waals surface area contributed by atoms with Gasteiger partial charge in [0.2, 0.25) is 0 Å². The maximum absolute atomic E-state index is 11.1. The van der Waals surface area contributed by atoms with E-state index in [1.807, 2.05) is 0 Å². The van der Waals surface area contributed by atoms with Crippen molar-refractivity contribution >= 4 is 23.0 Å². The zero-order chi connectivity index (χ0) is 13.3. The van der Waals surface area contributed by atoms with Crippen LogP contribution in [0.5, 0.6) is 0 Å². The summed E-state index contributed by atoms with van der Waals surface area (Å²) in [5.74, 6) is -1.11. The van der Waals surface area contributed by atoms with E-state index >= 15 is 0 Å². The maximum Gasteiger partial charge on any atom is 0.416 e. The highest BCUT2D eigenvalue weighted by Gasteiger charge is 2.17. The highest BCUT2D eigenvalue weighted by molar-refractivity contribution is 5.91. The summed E-state index contributed by atoms with van der Waals surface area (Å²) in [7, 11) is 0. The van der Waals surface area contributed by atoms with Crippen LogP contribution >= 0.6 is 0 Å². The Balaban J connectivity index is 2.51. The van der Waals surface area contributed by atoms with Gasteiger partial charge in [-0.15, -0.1) is 0 Å². The van der Waals surface area contributed by atoms with Gasteiger partial charge in [0.05, 0.1) is 5.52 Å². The van der Waals surface area contributed by atoms with Gasteiger partial charge in [-0.05, 0) is 11.6 Å². The summed E-state index contributed by atoms with van der Waals surface area (Å²) < 4.78 is 1.07. The maximum atomic E-state index is 11.1. The summed E-state index contributed by atoms with van der Waals surface area (Å²) in [5.41, 5.74) is 6.61. The predicted molar refractivity (Wildman–Crippen MR) is 64.7 cm³/mol. The van der Waals surface area contributed by atoms with E-state index < -0.39 is 18.1 Å². The molecular weight excluding hydrogens is 236 g/mol. The van der Waals surface area contributed by atoms with Gasteiger partial charge in [0.1, 0.15) is 6.04 Å². The number of hydrogen-bond donors (Lipinski definition) is 3. The first-order chi connectivity index (χ1) is 8.50. The Morgan fingerprint density at radius 1 is 1.28 bits per heavy atom. The third-order valence-electron chi connectivity index (χ3n) is 2.76. The van der Waals surface area contributed by atoms with Gasteiger partial charge in [-0.25, -0.2) is 4.79 Å². The van der Waals surface area contributed by atoms with Crippen LogP contribution in [0.1, 0.15) is 5.56 Å². The normalized spacial score (nSPS) is 12.5. The van der Waals surface area contributed by atoms with Crippen LogP contribution in [0.15, 0.2) is 30.5 Å². The van der Waals surface area contributed by atoms with Crippen LogP contribution in [0.25, 0.3) is 10.9 Å². The minimum atomic E-state index is -1.11. The van der Waals surface area contributed by atoms with Crippen molar-refractivity contribution in [1.29, 1.82) is 0 Å². The molecule has 0 radical (unpaired) electrons. The Morgan fingerprint density at radius 2 is 1.94 bits per heavy atom. The molecule has 0 spiro atoms. The number of carboxylic acid groups (broad SMARTS) is 2. The van der Waals surface area contributed by atoms with Gasteiger partial charge in [0.15, 0.2) is 0 Å². The lowest BCUT2D eigenvalue weighted by molar-refractivity contribution is -0.138. The minimum absolute atomic E-state index is 0.0934. The van der Waals surface area contributed by atoms with Gasteiger partial charge in [-0.2, -0.15) is 0 Å². The summed E-state index contributed by atoms with van der Waals surface area (Å²) >= 11 is 0. The Kier molecular flexibility index (Phi) is 3.03. The summed E-state index contributed by atoms with van der Waals surface area (Å²) in [6, 6.07) is 5.86. The number of nitrogens with zero attached hydrogens (tertiary/aromatic N) is 1. The average molecular weight is 248 g/mol. The molecule has 0 bridgehead atoms. The second kappa shape index (κ2) is 4.50. The molecule has 6 heteroatoms. The summed E-state index contributed by atoms with van der Waals surface area (Å²) in [6.07, 6.45) is 0.396. The molecule has 94 valence electrons. The molecule has 0 saturated carbocycles. The SMILES string of the molecule is NC(Cc1cn(C(=O)O)c2ccccc12)C(=O)O. The monoisotopic (exact) mass is 248 g/mol. The highest BCUT2D eigenvalue weighted by atomic mass is 16.4. The third kappa shape index (κ3) is 2.05. The second-order valence-electron chi connectivity index (χ2n) is 3.97. The number of aliphatic carboxylic acids is 1. The summed E-state index contributed by atoms with van der Waals surface area (Å²) in [4.78, 5) is 21.8. The van der Waals surface area contributed by atoms with E-state index in [0.717, 1.165) is 4.57 Å². The van der Waals surface area contributed by atoms with Crippen molar-refractivity contribution in [3.05, 3.63) is 36.0 Å². The molecule has 1 atom stereocenters. The molecule has 0 fully saturated rings. The van der Waals surface area contributed by atoms with E-state index in [0.29, 0.717) is 16.5 Å². The van der Waals surface area contributed by atoms with E-state index in [2.05, 4.69) is 0 Å². The van der Waals surface area contributed by atoms with Crippen LogP contribution in [0, 0.1) is 0 Å². The Hall–Kier alpha value is -2.34. The fraction of sp³-hybridized carbons (Fsp3) is 0.167. The first-order valence-corrected chi connectivity index (χ1v) is 5.31. The van der Waals surface area contributed by atoms with Crippen LogP contribution in [-0.2, 0) is 11.2 Å². The predicted octanol–water partition coefficient (Wildman–Crippen LogP) is 1.12. The first kappa shape index (κ1) is 12.1. The number of benzene rings is 1. The highest BCUT2D eigenvalue weighted by Crippen LogP contribution is 2.22. The van der Waals surface area contributed by atoms with Gasteiger partial charge in [-0.1, -0.05) is 18.2 Å². The molecule has 1 heterocycles. The van der Waals surface area contributed by atoms with Crippen molar-refractivity contribution in [3.63, 3.8) is 0 Å². The topological polar surface area (TPSA) is 106 Å². The first-order valence-electron chi connectivity index (χ1n) is 5.31. The third-order valence-corrected chi connectivity index (χ3v) is 2.76. The van der Waals surface area contributed by atoms with Crippen molar-refractivity contribution < 1.29 is 19.8 Å². The number of hydrogen-bond acceptors (Lipinski definition) is 3. The molecular formula is C12H12N2O4. The lowest BCUT2D eigenvalue weighted by atomic mass is 10.1. The zero-order valence-corrected chi connectivity index (χ0v) is 9.41. The van der Waals surface area contributed by atoms with E-state index in [4.69, 9.17) is 15.9 Å². The number of para-hydroxylation sites is 1. The van der Waals surface area contributed by atoms with Crippen LogP contribution in [0.4, 0.5) is 4.79 Å². The molecule has 6 nitrogen and oxygen atoms in total. The lowest BCUT2D eigenvalue weighted by Crippen LogP contribution is -2.32. The molecule has 1 unspecified atom stereocenters. The van der Waals surface area contributed by atoms with Gasteiger partial charge in [-0.3, -0.25) is 9.36 Å². The Labute approximate surface area is 102 Å². The van der Waals surface area contributed by atoms with Crippen LogP contribution < -0.4 is 5.73 Å². The van der Waals surface area contributed by atoms with Crippen molar-refractivity contribution in [2.45, 2.75) is 12.5 Å². The van der Waals surface area contributed by atoms with E-state index in [9.17, 15) is 9.59 Å². The van der Waals surface area contributed by atoms with E-state index in [1.54, 1.807) is 24.3 Å². The molecule has 4 N–H and O–H groups in total. The molecule has 0 amide bonds.